The summed E-state index contributed by atoms with van der Waals surface area (Å²) in [5, 5.41) is 10.9. The molecule has 2 rings (SSSR count). The molecule has 0 bridgehead atoms. The lowest BCUT2D eigenvalue weighted by Gasteiger charge is -2.40. The molecule has 1 atom stereocenters. The summed E-state index contributed by atoms with van der Waals surface area (Å²) in [6, 6.07) is 8.46. The van der Waals surface area contributed by atoms with Crippen LogP contribution in [-0.2, 0) is 11.3 Å². The molecule has 0 aliphatic carbocycles. The summed E-state index contributed by atoms with van der Waals surface area (Å²) in [7, 11) is 1.97. The van der Waals surface area contributed by atoms with Gasteiger partial charge >= 0.3 is 0 Å². The highest BCUT2D eigenvalue weighted by Gasteiger charge is 2.42. The van der Waals surface area contributed by atoms with Crippen molar-refractivity contribution in [2.24, 2.45) is 0 Å². The Labute approximate surface area is 146 Å². The van der Waals surface area contributed by atoms with Crippen molar-refractivity contribution in [3.63, 3.8) is 0 Å². The molecule has 4 heteroatoms. The summed E-state index contributed by atoms with van der Waals surface area (Å²) in [6.07, 6.45) is 2.43. The van der Waals surface area contributed by atoms with Crippen LogP contribution >= 0.6 is 0 Å². The smallest absolute Gasteiger partial charge is 0.256 e. The maximum Gasteiger partial charge on any atom is 0.256 e. The monoisotopic (exact) mass is 332 g/mol. The SMILES string of the molecule is CCCN(C)C[C@@]1(O)CCCN(Cc2ccc(C(C)C)cc2)C1=O. The van der Waals surface area contributed by atoms with Crippen molar-refractivity contribution in [1.29, 1.82) is 0 Å². The molecule has 1 amide bonds. The summed E-state index contributed by atoms with van der Waals surface area (Å²) in [5.41, 5.74) is 1.19. The van der Waals surface area contributed by atoms with Gasteiger partial charge in [-0.25, -0.2) is 0 Å². The largest absolute Gasteiger partial charge is 0.379 e. The molecule has 1 aromatic rings. The van der Waals surface area contributed by atoms with Crippen LogP contribution in [0, 0.1) is 0 Å². The van der Waals surface area contributed by atoms with Gasteiger partial charge in [-0.05, 0) is 49.9 Å². The fourth-order valence-electron chi connectivity index (χ4n) is 3.50. The molecule has 0 saturated carbocycles. The van der Waals surface area contributed by atoms with E-state index in [1.165, 1.54) is 5.56 Å². The van der Waals surface area contributed by atoms with Gasteiger partial charge in [-0.15, -0.1) is 0 Å². The lowest BCUT2D eigenvalue weighted by molar-refractivity contribution is -0.159. The van der Waals surface area contributed by atoms with Crippen LogP contribution in [0.2, 0.25) is 0 Å². The Balaban J connectivity index is 2.03. The third-order valence-electron chi connectivity index (χ3n) is 4.86. The van der Waals surface area contributed by atoms with E-state index in [9.17, 15) is 9.90 Å². The van der Waals surface area contributed by atoms with E-state index in [1.807, 2.05) is 11.9 Å². The molecule has 0 aromatic heterocycles. The fraction of sp³-hybridized carbons (Fsp3) is 0.650. The number of likely N-dealkylation sites (N-methyl/N-ethyl adjacent to an activating group) is 1. The Hall–Kier alpha value is -1.39. The van der Waals surface area contributed by atoms with Crippen LogP contribution < -0.4 is 0 Å². The van der Waals surface area contributed by atoms with Gasteiger partial charge in [-0.1, -0.05) is 45.0 Å². The summed E-state index contributed by atoms with van der Waals surface area (Å²) < 4.78 is 0. The average molecular weight is 332 g/mol. The van der Waals surface area contributed by atoms with Gasteiger partial charge in [0.1, 0.15) is 0 Å². The van der Waals surface area contributed by atoms with Gasteiger partial charge in [-0.3, -0.25) is 4.79 Å². The minimum atomic E-state index is -1.24. The number of benzene rings is 1. The molecule has 0 spiro atoms. The number of likely N-dealkylation sites (tertiary alicyclic amines) is 1. The number of piperidine rings is 1. The number of carbonyl (C=O) groups excluding carboxylic acids is 1. The number of aliphatic hydroxyl groups is 1. The van der Waals surface area contributed by atoms with E-state index in [1.54, 1.807) is 0 Å². The molecule has 4 nitrogen and oxygen atoms in total. The van der Waals surface area contributed by atoms with Crippen LogP contribution in [0.4, 0.5) is 0 Å². The van der Waals surface area contributed by atoms with Crippen LogP contribution in [0.25, 0.3) is 0 Å². The minimum Gasteiger partial charge on any atom is -0.379 e. The molecule has 1 saturated heterocycles. The maximum absolute atomic E-state index is 12.8. The predicted octanol–water partition coefficient (Wildman–Crippen LogP) is 3.01. The first-order valence-electron chi connectivity index (χ1n) is 9.15. The van der Waals surface area contributed by atoms with E-state index in [4.69, 9.17) is 0 Å². The number of hydrogen-bond acceptors (Lipinski definition) is 3. The van der Waals surface area contributed by atoms with E-state index >= 15 is 0 Å². The van der Waals surface area contributed by atoms with E-state index in [0.717, 1.165) is 31.5 Å². The molecule has 0 radical (unpaired) electrons. The van der Waals surface area contributed by atoms with Crippen molar-refractivity contribution in [2.45, 2.75) is 58.1 Å². The normalized spacial score (nSPS) is 21.8. The van der Waals surface area contributed by atoms with Gasteiger partial charge in [0.2, 0.25) is 0 Å². The quantitative estimate of drug-likeness (QED) is 0.835. The van der Waals surface area contributed by atoms with Gasteiger partial charge in [0, 0.05) is 19.6 Å². The molecule has 1 aromatic carbocycles. The van der Waals surface area contributed by atoms with Gasteiger partial charge < -0.3 is 14.9 Å². The lowest BCUT2D eigenvalue weighted by Crippen LogP contribution is -2.57. The number of amides is 1. The van der Waals surface area contributed by atoms with Crippen molar-refractivity contribution in [3.05, 3.63) is 35.4 Å². The molecule has 1 heterocycles. The van der Waals surface area contributed by atoms with Gasteiger partial charge in [-0.2, -0.15) is 0 Å². The molecule has 134 valence electrons. The summed E-state index contributed by atoms with van der Waals surface area (Å²) in [6.45, 7) is 9.08. The minimum absolute atomic E-state index is 0.121. The van der Waals surface area contributed by atoms with Crippen molar-refractivity contribution in [2.75, 3.05) is 26.7 Å². The van der Waals surface area contributed by atoms with Crippen molar-refractivity contribution in [1.82, 2.24) is 9.80 Å². The zero-order chi connectivity index (χ0) is 17.7. The van der Waals surface area contributed by atoms with Crippen LogP contribution in [0.15, 0.2) is 24.3 Å². The molecule has 24 heavy (non-hydrogen) atoms. The van der Waals surface area contributed by atoms with Gasteiger partial charge in [0.25, 0.3) is 5.91 Å². The number of nitrogens with zero attached hydrogens (tertiary/aromatic N) is 2. The molecule has 1 aliphatic rings. The van der Waals surface area contributed by atoms with Crippen LogP contribution in [-0.4, -0.2) is 53.1 Å². The Morgan fingerprint density at radius 1 is 1.29 bits per heavy atom. The standard InChI is InChI=1S/C20H32N2O2/c1-5-12-21(4)15-20(24)11-6-13-22(19(20)23)14-17-7-9-18(10-8-17)16(2)3/h7-10,16,24H,5-6,11-15H2,1-4H3/t20-/m0/s1. The number of carbonyl (C=O) groups is 1. The third-order valence-corrected chi connectivity index (χ3v) is 4.86. The Kier molecular flexibility index (Phi) is 6.41. The third kappa shape index (κ3) is 4.58. The summed E-state index contributed by atoms with van der Waals surface area (Å²) in [4.78, 5) is 16.7. The highest BCUT2D eigenvalue weighted by Crippen LogP contribution is 2.25. The first-order chi connectivity index (χ1) is 11.4. The predicted molar refractivity (Wildman–Crippen MR) is 97.9 cm³/mol. The van der Waals surface area contributed by atoms with E-state index in [0.29, 0.717) is 25.4 Å². The zero-order valence-corrected chi connectivity index (χ0v) is 15.6. The first kappa shape index (κ1) is 18.9. The molecule has 1 aliphatic heterocycles. The highest BCUT2D eigenvalue weighted by atomic mass is 16.3. The van der Waals surface area contributed by atoms with Crippen molar-refractivity contribution < 1.29 is 9.90 Å². The highest BCUT2D eigenvalue weighted by molar-refractivity contribution is 5.86. The van der Waals surface area contributed by atoms with E-state index in [2.05, 4.69) is 49.9 Å². The average Bonchev–Trinajstić information content (AvgIpc) is 2.52. The number of rotatable bonds is 7. The van der Waals surface area contributed by atoms with Crippen LogP contribution in [0.1, 0.15) is 57.1 Å². The van der Waals surface area contributed by atoms with Crippen LogP contribution in [0.3, 0.4) is 0 Å². The lowest BCUT2D eigenvalue weighted by atomic mass is 9.90. The maximum atomic E-state index is 12.8. The Morgan fingerprint density at radius 2 is 1.96 bits per heavy atom. The van der Waals surface area contributed by atoms with E-state index < -0.39 is 5.60 Å². The Morgan fingerprint density at radius 3 is 2.54 bits per heavy atom. The van der Waals surface area contributed by atoms with Gasteiger partial charge in [0.05, 0.1) is 0 Å². The van der Waals surface area contributed by atoms with Crippen LogP contribution in [0.5, 0.6) is 0 Å². The molecule has 1 N–H and O–H groups in total. The van der Waals surface area contributed by atoms with E-state index in [-0.39, 0.29) is 5.91 Å². The second kappa shape index (κ2) is 8.13. The molecule has 1 fully saturated rings. The Bertz CT molecular complexity index is 541. The zero-order valence-electron chi connectivity index (χ0n) is 15.6. The van der Waals surface area contributed by atoms with Crippen molar-refractivity contribution in [3.8, 4) is 0 Å². The topological polar surface area (TPSA) is 43.8 Å². The molecule has 0 unspecified atom stereocenters. The van der Waals surface area contributed by atoms with Crippen molar-refractivity contribution >= 4 is 5.91 Å². The fourth-order valence-corrected chi connectivity index (χ4v) is 3.50. The van der Waals surface area contributed by atoms with Gasteiger partial charge in [0.15, 0.2) is 5.60 Å². The second-order valence-corrected chi connectivity index (χ2v) is 7.50. The summed E-state index contributed by atoms with van der Waals surface area (Å²) >= 11 is 0. The first-order valence-corrected chi connectivity index (χ1v) is 9.15. The number of hydrogen-bond donors (Lipinski definition) is 1. The summed E-state index contributed by atoms with van der Waals surface area (Å²) in [5.74, 6) is 0.388. The molecular formula is C20H32N2O2. The molecular weight excluding hydrogens is 300 g/mol. The second-order valence-electron chi connectivity index (χ2n) is 7.50.